The van der Waals surface area contributed by atoms with Crippen LogP contribution in [0.3, 0.4) is 0 Å². The van der Waals surface area contributed by atoms with Crippen molar-refractivity contribution in [1.29, 1.82) is 0 Å². The SMILES string of the molecule is COC(=O)[C@@H](O)[C@H](c1ccc(OC)cc1)n1cc(-c2ccc(OC)c(OC)c2)nn1. The molecular weight excluding hydrogens is 390 g/mol. The third-order valence-corrected chi connectivity index (χ3v) is 4.67. The molecule has 1 heterocycles. The molecule has 1 aromatic heterocycles. The van der Waals surface area contributed by atoms with Crippen molar-refractivity contribution in [1.82, 2.24) is 15.0 Å². The average molecular weight is 413 g/mol. The molecule has 0 amide bonds. The highest BCUT2D eigenvalue weighted by Crippen LogP contribution is 2.32. The second-order valence-electron chi connectivity index (χ2n) is 6.34. The van der Waals surface area contributed by atoms with Gasteiger partial charge in [-0.1, -0.05) is 17.3 Å². The number of nitrogens with zero attached hydrogens (tertiary/aromatic N) is 3. The van der Waals surface area contributed by atoms with E-state index in [1.165, 1.54) is 11.8 Å². The van der Waals surface area contributed by atoms with E-state index >= 15 is 0 Å². The van der Waals surface area contributed by atoms with Crippen LogP contribution in [-0.4, -0.2) is 60.6 Å². The van der Waals surface area contributed by atoms with Crippen molar-refractivity contribution < 1.29 is 28.8 Å². The lowest BCUT2D eigenvalue weighted by molar-refractivity contribution is -0.152. The molecule has 2 atom stereocenters. The average Bonchev–Trinajstić information content (AvgIpc) is 3.28. The number of aliphatic hydroxyl groups excluding tert-OH is 1. The Kier molecular flexibility index (Phi) is 6.53. The van der Waals surface area contributed by atoms with Crippen molar-refractivity contribution >= 4 is 5.97 Å². The zero-order chi connectivity index (χ0) is 21.7. The van der Waals surface area contributed by atoms with Crippen molar-refractivity contribution in [3.05, 3.63) is 54.2 Å². The molecule has 0 spiro atoms. The number of hydrogen-bond donors (Lipinski definition) is 1. The maximum Gasteiger partial charge on any atom is 0.337 e. The number of aliphatic hydroxyl groups is 1. The second kappa shape index (κ2) is 9.27. The normalized spacial score (nSPS) is 12.7. The lowest BCUT2D eigenvalue weighted by Gasteiger charge is -2.21. The highest BCUT2D eigenvalue weighted by Gasteiger charge is 2.31. The number of esters is 1. The first-order valence-electron chi connectivity index (χ1n) is 9.06. The Morgan fingerprint density at radius 2 is 1.67 bits per heavy atom. The Morgan fingerprint density at radius 1 is 0.967 bits per heavy atom. The molecule has 0 radical (unpaired) electrons. The number of ether oxygens (including phenoxy) is 4. The van der Waals surface area contributed by atoms with Gasteiger partial charge >= 0.3 is 5.97 Å². The summed E-state index contributed by atoms with van der Waals surface area (Å²) in [6.45, 7) is 0. The molecule has 30 heavy (non-hydrogen) atoms. The maximum atomic E-state index is 12.1. The van der Waals surface area contributed by atoms with Gasteiger partial charge in [0.25, 0.3) is 0 Å². The van der Waals surface area contributed by atoms with E-state index in [9.17, 15) is 9.90 Å². The topological polar surface area (TPSA) is 105 Å². The fourth-order valence-electron chi connectivity index (χ4n) is 3.07. The van der Waals surface area contributed by atoms with Gasteiger partial charge in [0.2, 0.25) is 0 Å². The number of methoxy groups -OCH3 is 4. The van der Waals surface area contributed by atoms with Crippen molar-refractivity contribution in [2.24, 2.45) is 0 Å². The van der Waals surface area contributed by atoms with Crippen LogP contribution in [-0.2, 0) is 9.53 Å². The van der Waals surface area contributed by atoms with Gasteiger partial charge in [0.1, 0.15) is 17.5 Å². The van der Waals surface area contributed by atoms with Crippen LogP contribution in [0.4, 0.5) is 0 Å². The molecular formula is C21H23N3O6. The highest BCUT2D eigenvalue weighted by atomic mass is 16.5. The van der Waals surface area contributed by atoms with Crippen LogP contribution >= 0.6 is 0 Å². The minimum atomic E-state index is -1.48. The van der Waals surface area contributed by atoms with E-state index in [0.717, 1.165) is 5.56 Å². The van der Waals surface area contributed by atoms with Gasteiger partial charge in [-0.2, -0.15) is 0 Å². The number of hydrogen-bond acceptors (Lipinski definition) is 8. The first kappa shape index (κ1) is 21.1. The van der Waals surface area contributed by atoms with Crippen LogP contribution in [0.1, 0.15) is 11.6 Å². The van der Waals surface area contributed by atoms with Crippen LogP contribution in [0.25, 0.3) is 11.3 Å². The minimum Gasteiger partial charge on any atom is -0.497 e. The van der Waals surface area contributed by atoms with Crippen LogP contribution in [0.15, 0.2) is 48.7 Å². The molecule has 0 aliphatic rings. The number of carbonyl (C=O) groups excluding carboxylic acids is 1. The second-order valence-corrected chi connectivity index (χ2v) is 6.34. The van der Waals surface area contributed by atoms with Gasteiger partial charge < -0.3 is 24.1 Å². The standard InChI is InChI=1S/C21H23N3O6/c1-27-15-8-5-13(6-9-15)19(20(25)21(26)30-4)24-12-16(22-23-24)14-7-10-17(28-2)18(11-14)29-3/h5-12,19-20,25H,1-4H3/t19-,20-/m0/s1. The van der Waals surface area contributed by atoms with E-state index in [-0.39, 0.29) is 0 Å². The Balaban J connectivity index is 2.01. The van der Waals surface area contributed by atoms with E-state index in [4.69, 9.17) is 18.9 Å². The summed E-state index contributed by atoms with van der Waals surface area (Å²) in [6, 6.07) is 11.5. The molecule has 158 valence electrons. The van der Waals surface area contributed by atoms with E-state index < -0.39 is 18.1 Å². The Labute approximate surface area is 173 Å². The highest BCUT2D eigenvalue weighted by molar-refractivity contribution is 5.75. The van der Waals surface area contributed by atoms with Gasteiger partial charge in [0, 0.05) is 5.56 Å². The monoisotopic (exact) mass is 413 g/mol. The predicted molar refractivity (Wildman–Crippen MR) is 108 cm³/mol. The summed E-state index contributed by atoms with van der Waals surface area (Å²) in [5, 5.41) is 18.9. The molecule has 2 aromatic carbocycles. The molecule has 3 rings (SSSR count). The largest absolute Gasteiger partial charge is 0.497 e. The van der Waals surface area contributed by atoms with Crippen LogP contribution in [0, 0.1) is 0 Å². The Hall–Kier alpha value is -3.59. The summed E-state index contributed by atoms with van der Waals surface area (Å²) < 4.78 is 21.9. The molecule has 0 saturated heterocycles. The minimum absolute atomic E-state index is 0.534. The third-order valence-electron chi connectivity index (χ3n) is 4.67. The molecule has 0 unspecified atom stereocenters. The number of rotatable bonds is 8. The zero-order valence-corrected chi connectivity index (χ0v) is 17.1. The number of benzene rings is 2. The summed E-state index contributed by atoms with van der Waals surface area (Å²) in [6.07, 6.45) is 0.158. The van der Waals surface area contributed by atoms with E-state index in [2.05, 4.69) is 10.3 Å². The Bertz CT molecular complexity index is 1000. The van der Waals surface area contributed by atoms with Crippen LogP contribution in [0.5, 0.6) is 17.2 Å². The summed E-state index contributed by atoms with van der Waals surface area (Å²) in [7, 11) is 5.88. The molecule has 0 aliphatic heterocycles. The van der Waals surface area contributed by atoms with Gasteiger partial charge in [-0.05, 0) is 35.9 Å². The lowest BCUT2D eigenvalue weighted by Crippen LogP contribution is -2.33. The molecule has 0 saturated carbocycles. The van der Waals surface area contributed by atoms with Crippen molar-refractivity contribution in [2.75, 3.05) is 28.4 Å². The molecule has 0 bridgehead atoms. The summed E-state index contributed by atoms with van der Waals surface area (Å²) in [5.41, 5.74) is 1.91. The summed E-state index contributed by atoms with van der Waals surface area (Å²) >= 11 is 0. The van der Waals surface area contributed by atoms with Crippen LogP contribution in [0.2, 0.25) is 0 Å². The first-order valence-corrected chi connectivity index (χ1v) is 9.06. The van der Waals surface area contributed by atoms with Gasteiger partial charge in [-0.25, -0.2) is 9.48 Å². The van der Waals surface area contributed by atoms with Gasteiger partial charge in [-0.3, -0.25) is 0 Å². The molecule has 9 heteroatoms. The summed E-state index contributed by atoms with van der Waals surface area (Å²) in [5.74, 6) is 1.00. The molecule has 1 N–H and O–H groups in total. The quantitative estimate of drug-likeness (QED) is 0.560. The Morgan fingerprint density at radius 3 is 2.27 bits per heavy atom. The fourth-order valence-corrected chi connectivity index (χ4v) is 3.07. The molecule has 0 aliphatic carbocycles. The fraction of sp³-hybridized carbons (Fsp3) is 0.286. The molecule has 3 aromatic rings. The lowest BCUT2D eigenvalue weighted by atomic mass is 10.0. The van der Waals surface area contributed by atoms with Gasteiger partial charge in [0.15, 0.2) is 17.6 Å². The third kappa shape index (κ3) is 4.20. The van der Waals surface area contributed by atoms with E-state index in [1.54, 1.807) is 63.9 Å². The van der Waals surface area contributed by atoms with Crippen molar-refractivity contribution in [3.63, 3.8) is 0 Å². The molecule has 9 nitrogen and oxygen atoms in total. The molecule has 0 fully saturated rings. The number of carbonyl (C=O) groups is 1. The van der Waals surface area contributed by atoms with Crippen molar-refractivity contribution in [2.45, 2.75) is 12.1 Å². The van der Waals surface area contributed by atoms with Gasteiger partial charge in [0.05, 0.1) is 34.6 Å². The van der Waals surface area contributed by atoms with Crippen LogP contribution < -0.4 is 14.2 Å². The zero-order valence-electron chi connectivity index (χ0n) is 17.1. The predicted octanol–water partition coefficient (Wildman–Crippen LogP) is 2.09. The van der Waals surface area contributed by atoms with E-state index in [1.807, 2.05) is 6.07 Å². The summed E-state index contributed by atoms with van der Waals surface area (Å²) in [4.78, 5) is 12.1. The number of aromatic nitrogens is 3. The maximum absolute atomic E-state index is 12.1. The smallest absolute Gasteiger partial charge is 0.337 e. The van der Waals surface area contributed by atoms with E-state index in [0.29, 0.717) is 28.5 Å². The van der Waals surface area contributed by atoms with Gasteiger partial charge in [-0.15, -0.1) is 5.10 Å². The van der Waals surface area contributed by atoms with Crippen molar-refractivity contribution in [3.8, 4) is 28.5 Å². The first-order chi connectivity index (χ1) is 14.5.